The first kappa shape index (κ1) is 20.7. The first-order chi connectivity index (χ1) is 12.6. The maximum absolute atomic E-state index is 13.8. The molecule has 0 aliphatic heterocycles. The minimum atomic E-state index is -1.21. The van der Waals surface area contributed by atoms with Gasteiger partial charge in [0.25, 0.3) is 5.56 Å². The number of halogens is 1. The van der Waals surface area contributed by atoms with E-state index < -0.39 is 17.5 Å². The molecule has 1 heterocycles. The quantitative estimate of drug-likeness (QED) is 0.752. The fraction of sp³-hybridized carbons (Fsp3) is 0.500. The number of nitrogens with zero attached hydrogens (tertiary/aromatic N) is 2. The SMILES string of the molecule is CCCCOc1c(N(C)C(=O)O)n(CC(C)(C)C)c(=O)c2cc(F)ccc12. The van der Waals surface area contributed by atoms with Gasteiger partial charge in [-0.25, -0.2) is 9.18 Å². The van der Waals surface area contributed by atoms with Crippen molar-refractivity contribution in [3.05, 3.63) is 34.4 Å². The molecule has 0 radical (unpaired) electrons. The Morgan fingerprint density at radius 1 is 1.30 bits per heavy atom. The molecule has 0 unspecified atom stereocenters. The maximum Gasteiger partial charge on any atom is 0.412 e. The van der Waals surface area contributed by atoms with E-state index in [1.165, 1.54) is 29.8 Å². The van der Waals surface area contributed by atoms with Crippen molar-refractivity contribution in [1.82, 2.24) is 4.57 Å². The van der Waals surface area contributed by atoms with Gasteiger partial charge in [-0.2, -0.15) is 0 Å². The normalized spacial score (nSPS) is 11.6. The lowest BCUT2D eigenvalue weighted by Crippen LogP contribution is -2.35. The van der Waals surface area contributed by atoms with E-state index in [1.54, 1.807) is 0 Å². The molecule has 1 amide bonds. The van der Waals surface area contributed by atoms with Crippen LogP contribution in [0.1, 0.15) is 40.5 Å². The van der Waals surface area contributed by atoms with Crippen LogP contribution in [0.5, 0.6) is 5.75 Å². The van der Waals surface area contributed by atoms with Crippen LogP contribution in [0.2, 0.25) is 0 Å². The Bertz CT molecular complexity index is 899. The smallest absolute Gasteiger partial charge is 0.412 e. The number of ether oxygens (including phenoxy) is 1. The Morgan fingerprint density at radius 3 is 2.52 bits per heavy atom. The van der Waals surface area contributed by atoms with Crippen LogP contribution < -0.4 is 15.2 Å². The van der Waals surface area contributed by atoms with E-state index in [0.29, 0.717) is 12.0 Å². The van der Waals surface area contributed by atoms with Crippen molar-refractivity contribution in [3.63, 3.8) is 0 Å². The lowest BCUT2D eigenvalue weighted by Gasteiger charge is -2.28. The average molecular weight is 378 g/mol. The van der Waals surface area contributed by atoms with E-state index in [-0.39, 0.29) is 28.9 Å². The van der Waals surface area contributed by atoms with Gasteiger partial charge in [-0.3, -0.25) is 14.3 Å². The molecule has 1 N–H and O–H groups in total. The summed E-state index contributed by atoms with van der Waals surface area (Å²) in [6.07, 6.45) is 0.467. The highest BCUT2D eigenvalue weighted by Gasteiger charge is 2.26. The average Bonchev–Trinajstić information content (AvgIpc) is 2.57. The van der Waals surface area contributed by atoms with Crippen LogP contribution in [-0.4, -0.2) is 29.4 Å². The van der Waals surface area contributed by atoms with Crippen LogP contribution >= 0.6 is 0 Å². The van der Waals surface area contributed by atoms with E-state index in [9.17, 15) is 19.1 Å². The molecule has 0 fully saturated rings. The van der Waals surface area contributed by atoms with E-state index in [1.807, 2.05) is 27.7 Å². The van der Waals surface area contributed by atoms with E-state index >= 15 is 0 Å². The second-order valence-electron chi connectivity index (χ2n) is 7.84. The van der Waals surface area contributed by atoms with Crippen LogP contribution in [0.4, 0.5) is 15.0 Å². The number of rotatable bonds is 6. The first-order valence-corrected chi connectivity index (χ1v) is 9.02. The number of benzene rings is 1. The Morgan fingerprint density at radius 2 is 1.96 bits per heavy atom. The minimum absolute atomic E-state index is 0.164. The second kappa shape index (κ2) is 7.98. The highest BCUT2D eigenvalue weighted by molar-refractivity contribution is 5.96. The number of hydrogen-bond donors (Lipinski definition) is 1. The molecule has 2 rings (SSSR count). The summed E-state index contributed by atoms with van der Waals surface area (Å²) in [5.41, 5.74) is -0.745. The van der Waals surface area contributed by atoms with Gasteiger partial charge in [0.05, 0.1) is 12.0 Å². The summed E-state index contributed by atoms with van der Waals surface area (Å²) in [4.78, 5) is 25.8. The van der Waals surface area contributed by atoms with Gasteiger partial charge in [0.2, 0.25) is 0 Å². The van der Waals surface area contributed by atoms with Gasteiger partial charge in [0, 0.05) is 19.0 Å². The monoisotopic (exact) mass is 378 g/mol. The molecule has 0 aliphatic rings. The summed E-state index contributed by atoms with van der Waals surface area (Å²) < 4.78 is 21.1. The summed E-state index contributed by atoms with van der Waals surface area (Å²) in [6, 6.07) is 3.88. The summed E-state index contributed by atoms with van der Waals surface area (Å²) in [5, 5.41) is 10.1. The number of unbranched alkanes of at least 4 members (excludes halogenated alkanes) is 1. The number of hydrogen-bond acceptors (Lipinski definition) is 3. The molecule has 0 aliphatic carbocycles. The molecule has 1 aromatic heterocycles. The van der Waals surface area contributed by atoms with Gasteiger partial charge in [-0.05, 0) is 30.0 Å². The lowest BCUT2D eigenvalue weighted by atomic mass is 9.96. The van der Waals surface area contributed by atoms with E-state index in [0.717, 1.165) is 17.7 Å². The zero-order valence-corrected chi connectivity index (χ0v) is 16.5. The molecular weight excluding hydrogens is 351 g/mol. The van der Waals surface area contributed by atoms with Crippen LogP contribution in [0, 0.1) is 11.2 Å². The van der Waals surface area contributed by atoms with Crippen molar-refractivity contribution < 1.29 is 19.0 Å². The van der Waals surface area contributed by atoms with Crippen LogP contribution in [-0.2, 0) is 6.54 Å². The van der Waals surface area contributed by atoms with Gasteiger partial charge in [-0.1, -0.05) is 34.1 Å². The van der Waals surface area contributed by atoms with E-state index in [4.69, 9.17) is 4.74 Å². The fourth-order valence-electron chi connectivity index (χ4n) is 2.88. The molecule has 6 nitrogen and oxygen atoms in total. The predicted molar refractivity (Wildman–Crippen MR) is 104 cm³/mol. The fourth-order valence-corrected chi connectivity index (χ4v) is 2.88. The third kappa shape index (κ3) is 4.59. The number of pyridine rings is 1. The van der Waals surface area contributed by atoms with Gasteiger partial charge in [0.1, 0.15) is 5.82 Å². The molecule has 0 spiro atoms. The second-order valence-corrected chi connectivity index (χ2v) is 7.84. The number of amides is 1. The van der Waals surface area contributed by atoms with Crippen LogP contribution in [0.25, 0.3) is 10.8 Å². The van der Waals surface area contributed by atoms with Crippen LogP contribution in [0.15, 0.2) is 23.0 Å². The van der Waals surface area contributed by atoms with Gasteiger partial charge >= 0.3 is 6.09 Å². The number of anilines is 1. The lowest BCUT2D eigenvalue weighted by molar-refractivity contribution is 0.202. The Balaban J connectivity index is 2.89. The number of carboxylic acid groups (broad SMARTS) is 1. The van der Waals surface area contributed by atoms with Crippen molar-refractivity contribution in [2.75, 3.05) is 18.6 Å². The number of fused-ring (bicyclic) bond motifs is 1. The summed E-state index contributed by atoms with van der Waals surface area (Å²) >= 11 is 0. The largest absolute Gasteiger partial charge is 0.489 e. The van der Waals surface area contributed by atoms with Crippen molar-refractivity contribution in [1.29, 1.82) is 0 Å². The molecule has 2 aromatic rings. The van der Waals surface area contributed by atoms with Crippen LogP contribution in [0.3, 0.4) is 0 Å². The molecular formula is C20H27FN2O4. The highest BCUT2D eigenvalue weighted by Crippen LogP contribution is 2.36. The topological polar surface area (TPSA) is 71.8 Å². The van der Waals surface area contributed by atoms with Crippen molar-refractivity contribution >= 4 is 22.7 Å². The predicted octanol–water partition coefficient (Wildman–Crippen LogP) is 4.48. The van der Waals surface area contributed by atoms with E-state index in [2.05, 4.69) is 0 Å². The Hall–Kier alpha value is -2.57. The first-order valence-electron chi connectivity index (χ1n) is 9.02. The third-order valence-electron chi connectivity index (χ3n) is 4.14. The highest BCUT2D eigenvalue weighted by atomic mass is 19.1. The van der Waals surface area contributed by atoms with Gasteiger partial charge in [-0.15, -0.1) is 0 Å². The Labute approximate surface area is 158 Å². The van der Waals surface area contributed by atoms with Gasteiger partial charge in [0.15, 0.2) is 11.6 Å². The van der Waals surface area contributed by atoms with Crippen molar-refractivity contribution in [2.24, 2.45) is 5.41 Å². The molecule has 0 saturated carbocycles. The molecule has 0 bridgehead atoms. The molecule has 0 atom stereocenters. The minimum Gasteiger partial charge on any atom is -0.489 e. The zero-order valence-electron chi connectivity index (χ0n) is 16.5. The van der Waals surface area contributed by atoms with Gasteiger partial charge < -0.3 is 9.84 Å². The third-order valence-corrected chi connectivity index (χ3v) is 4.14. The van der Waals surface area contributed by atoms with Crippen molar-refractivity contribution in [3.8, 4) is 5.75 Å². The molecule has 7 heteroatoms. The molecule has 148 valence electrons. The number of carbonyl (C=O) groups is 1. The number of aromatic nitrogens is 1. The molecule has 27 heavy (non-hydrogen) atoms. The summed E-state index contributed by atoms with van der Waals surface area (Å²) in [7, 11) is 1.37. The molecule has 1 aromatic carbocycles. The standard InChI is InChI=1S/C20H27FN2O4/c1-6-7-10-27-16-14-9-8-13(21)11-15(14)18(24)23(12-20(2,3)4)17(16)22(5)19(25)26/h8-9,11H,6-7,10,12H2,1-5H3,(H,25,26). The Kier molecular flexibility index (Phi) is 6.13. The molecule has 0 saturated heterocycles. The van der Waals surface area contributed by atoms with Crippen molar-refractivity contribution in [2.45, 2.75) is 47.1 Å². The summed E-state index contributed by atoms with van der Waals surface area (Å²) in [5.74, 6) is -0.0782. The maximum atomic E-state index is 13.8. The summed E-state index contributed by atoms with van der Waals surface area (Å²) in [6.45, 7) is 8.47. The zero-order chi connectivity index (χ0) is 20.4.